The molecule has 0 saturated carbocycles. The molecule has 0 fully saturated rings. The first-order chi connectivity index (χ1) is 5.72. The first-order valence-electron chi connectivity index (χ1n) is 3.43. The van der Waals surface area contributed by atoms with Crippen molar-refractivity contribution < 1.29 is 9.23 Å². The quantitative estimate of drug-likeness (QED) is 0.736. The summed E-state index contributed by atoms with van der Waals surface area (Å²) in [7, 11) is 1.50. The predicted molar refractivity (Wildman–Crippen MR) is 45.3 cm³/mol. The molecule has 2 nitrogen and oxygen atoms in total. The Hall–Kier alpha value is -0.640. The van der Waals surface area contributed by atoms with E-state index in [0.717, 1.165) is 5.56 Å². The first kappa shape index (κ1) is 9.45. The van der Waals surface area contributed by atoms with Crippen LogP contribution in [0.4, 0.5) is 4.39 Å². The average molecular weight is 190 g/mol. The Labute approximate surface area is 75.2 Å². The third kappa shape index (κ3) is 2.77. The van der Waals surface area contributed by atoms with Crippen LogP contribution >= 0.6 is 11.6 Å². The van der Waals surface area contributed by atoms with E-state index in [1.165, 1.54) is 19.2 Å². The summed E-state index contributed by atoms with van der Waals surface area (Å²) in [6, 6.07) is 4.34. The lowest BCUT2D eigenvalue weighted by molar-refractivity contribution is 0.0866. The number of nitrogens with one attached hydrogen (secondary N) is 1. The van der Waals surface area contributed by atoms with Gasteiger partial charge in [0.15, 0.2) is 0 Å². The molecule has 0 bridgehead atoms. The van der Waals surface area contributed by atoms with Crippen LogP contribution < -0.4 is 5.48 Å². The van der Waals surface area contributed by atoms with Gasteiger partial charge in [-0.2, -0.15) is 5.48 Å². The summed E-state index contributed by atoms with van der Waals surface area (Å²) < 4.78 is 12.7. The Balaban J connectivity index is 2.72. The first-order valence-corrected chi connectivity index (χ1v) is 3.81. The zero-order valence-corrected chi connectivity index (χ0v) is 7.36. The molecule has 0 unspecified atom stereocenters. The fourth-order valence-corrected chi connectivity index (χ4v) is 1.11. The topological polar surface area (TPSA) is 21.3 Å². The van der Waals surface area contributed by atoms with Gasteiger partial charge in [-0.1, -0.05) is 11.6 Å². The monoisotopic (exact) mass is 189 g/mol. The van der Waals surface area contributed by atoms with Gasteiger partial charge in [0.25, 0.3) is 0 Å². The summed E-state index contributed by atoms with van der Waals surface area (Å²) in [6.07, 6.45) is 0. The second-order valence-corrected chi connectivity index (χ2v) is 2.74. The van der Waals surface area contributed by atoms with Gasteiger partial charge in [-0.3, -0.25) is 0 Å². The molecule has 1 rings (SSSR count). The van der Waals surface area contributed by atoms with Crippen molar-refractivity contribution >= 4 is 11.6 Å². The van der Waals surface area contributed by atoms with Gasteiger partial charge in [0.05, 0.1) is 7.11 Å². The van der Waals surface area contributed by atoms with Crippen LogP contribution in [-0.2, 0) is 11.4 Å². The highest BCUT2D eigenvalue weighted by atomic mass is 35.5. The van der Waals surface area contributed by atoms with Crippen LogP contribution in [0.3, 0.4) is 0 Å². The van der Waals surface area contributed by atoms with E-state index in [-0.39, 0.29) is 5.82 Å². The van der Waals surface area contributed by atoms with Gasteiger partial charge in [-0.05, 0) is 23.8 Å². The summed E-state index contributed by atoms with van der Waals surface area (Å²) in [6.45, 7) is 0.438. The molecule has 0 atom stereocenters. The Kier molecular flexibility index (Phi) is 3.47. The number of hydrogen-bond donors (Lipinski definition) is 1. The SMILES string of the molecule is CONCc1cc(F)cc(Cl)c1. The van der Waals surface area contributed by atoms with Gasteiger partial charge < -0.3 is 4.84 Å². The fraction of sp³-hybridized carbons (Fsp3) is 0.250. The van der Waals surface area contributed by atoms with Crippen molar-refractivity contribution in [2.24, 2.45) is 0 Å². The molecule has 1 N–H and O–H groups in total. The number of rotatable bonds is 3. The minimum Gasteiger partial charge on any atom is -0.305 e. The standard InChI is InChI=1S/C8H9ClFNO/c1-12-11-5-6-2-7(9)4-8(10)3-6/h2-4,11H,5H2,1H3. The third-order valence-corrected chi connectivity index (χ3v) is 1.56. The van der Waals surface area contributed by atoms with Crippen LogP contribution in [0.15, 0.2) is 18.2 Å². The minimum absolute atomic E-state index is 0.338. The summed E-state index contributed by atoms with van der Waals surface area (Å²) in [5.41, 5.74) is 3.35. The van der Waals surface area contributed by atoms with E-state index >= 15 is 0 Å². The van der Waals surface area contributed by atoms with Gasteiger partial charge in [0.1, 0.15) is 5.82 Å². The summed E-state index contributed by atoms with van der Waals surface area (Å²) in [4.78, 5) is 4.61. The van der Waals surface area contributed by atoms with E-state index in [4.69, 9.17) is 11.6 Å². The van der Waals surface area contributed by atoms with Crippen LogP contribution in [0.5, 0.6) is 0 Å². The van der Waals surface area contributed by atoms with Crippen molar-refractivity contribution in [3.05, 3.63) is 34.6 Å². The molecule has 0 amide bonds. The molecule has 0 saturated heterocycles. The highest BCUT2D eigenvalue weighted by Gasteiger charge is 1.97. The number of benzene rings is 1. The zero-order valence-electron chi connectivity index (χ0n) is 6.60. The molecule has 4 heteroatoms. The summed E-state index contributed by atoms with van der Waals surface area (Å²) >= 11 is 5.62. The molecule has 0 aromatic heterocycles. The third-order valence-electron chi connectivity index (χ3n) is 1.34. The second kappa shape index (κ2) is 4.40. The molecular weight excluding hydrogens is 181 g/mol. The maximum Gasteiger partial charge on any atom is 0.125 e. The van der Waals surface area contributed by atoms with Gasteiger partial charge in [0, 0.05) is 11.6 Å². The lowest BCUT2D eigenvalue weighted by atomic mass is 10.2. The lowest BCUT2D eigenvalue weighted by Crippen LogP contribution is -2.10. The predicted octanol–water partition coefficient (Wildman–Crippen LogP) is 2.13. The number of halogens is 2. The maximum absolute atomic E-state index is 12.7. The van der Waals surface area contributed by atoms with E-state index in [2.05, 4.69) is 10.3 Å². The molecule has 1 aromatic rings. The molecular formula is C8H9ClFNO. The van der Waals surface area contributed by atoms with Crippen LogP contribution in [0, 0.1) is 5.82 Å². The molecule has 0 aliphatic heterocycles. The van der Waals surface area contributed by atoms with Gasteiger partial charge in [-0.25, -0.2) is 4.39 Å². The van der Waals surface area contributed by atoms with E-state index < -0.39 is 0 Å². The molecule has 1 aromatic carbocycles. The zero-order chi connectivity index (χ0) is 8.97. The Bertz CT molecular complexity index is 247. The van der Waals surface area contributed by atoms with Crippen LogP contribution in [0.2, 0.25) is 5.02 Å². The van der Waals surface area contributed by atoms with Gasteiger partial charge in [-0.15, -0.1) is 0 Å². The van der Waals surface area contributed by atoms with Crippen molar-refractivity contribution in [1.82, 2.24) is 5.48 Å². The van der Waals surface area contributed by atoms with E-state index in [1.807, 2.05) is 0 Å². The van der Waals surface area contributed by atoms with Crippen molar-refractivity contribution in [2.75, 3.05) is 7.11 Å². The molecule has 0 heterocycles. The Morgan fingerprint density at radius 3 is 2.83 bits per heavy atom. The van der Waals surface area contributed by atoms with E-state index in [1.54, 1.807) is 6.07 Å². The second-order valence-electron chi connectivity index (χ2n) is 2.30. The molecule has 0 spiro atoms. The van der Waals surface area contributed by atoms with Crippen molar-refractivity contribution in [3.63, 3.8) is 0 Å². The largest absolute Gasteiger partial charge is 0.305 e. The van der Waals surface area contributed by atoms with Crippen molar-refractivity contribution in [2.45, 2.75) is 6.54 Å². The highest BCUT2D eigenvalue weighted by Crippen LogP contribution is 2.13. The average Bonchev–Trinajstić information content (AvgIpc) is 1.99. The summed E-state index contributed by atoms with van der Waals surface area (Å²) in [5, 5.41) is 0.392. The highest BCUT2D eigenvalue weighted by molar-refractivity contribution is 6.30. The lowest BCUT2D eigenvalue weighted by Gasteiger charge is -2.02. The minimum atomic E-state index is -0.338. The van der Waals surface area contributed by atoms with Gasteiger partial charge >= 0.3 is 0 Å². The van der Waals surface area contributed by atoms with Crippen LogP contribution in [0.25, 0.3) is 0 Å². The fourth-order valence-electron chi connectivity index (χ4n) is 0.869. The molecule has 66 valence electrons. The van der Waals surface area contributed by atoms with Crippen LogP contribution in [0.1, 0.15) is 5.56 Å². The normalized spacial score (nSPS) is 10.2. The Morgan fingerprint density at radius 1 is 1.50 bits per heavy atom. The number of hydrogen-bond acceptors (Lipinski definition) is 2. The van der Waals surface area contributed by atoms with E-state index in [9.17, 15) is 4.39 Å². The van der Waals surface area contributed by atoms with Crippen LogP contribution in [-0.4, -0.2) is 7.11 Å². The number of hydroxylamine groups is 1. The van der Waals surface area contributed by atoms with E-state index in [0.29, 0.717) is 11.6 Å². The van der Waals surface area contributed by atoms with Crippen molar-refractivity contribution in [3.8, 4) is 0 Å². The molecule has 0 radical (unpaired) electrons. The molecule has 0 aliphatic rings. The molecule has 12 heavy (non-hydrogen) atoms. The smallest absolute Gasteiger partial charge is 0.125 e. The Morgan fingerprint density at radius 2 is 2.25 bits per heavy atom. The maximum atomic E-state index is 12.7. The van der Waals surface area contributed by atoms with Crippen molar-refractivity contribution in [1.29, 1.82) is 0 Å². The van der Waals surface area contributed by atoms with Gasteiger partial charge in [0.2, 0.25) is 0 Å². The molecule has 0 aliphatic carbocycles. The summed E-state index contributed by atoms with van der Waals surface area (Å²) in [5.74, 6) is -0.338.